The number of ketones is 1. The molecule has 0 amide bonds. The van der Waals surface area contributed by atoms with Gasteiger partial charge in [-0.2, -0.15) is 4.89 Å². The normalized spacial score (nSPS) is 10.1. The Kier molecular flexibility index (Phi) is 4.10. The van der Waals surface area contributed by atoms with Crippen LogP contribution in [0.5, 0.6) is 5.75 Å². The summed E-state index contributed by atoms with van der Waals surface area (Å²) in [6, 6.07) is 16.1. The highest BCUT2D eigenvalue weighted by molar-refractivity contribution is 6.09. The molecular formula is C15H14O3. The van der Waals surface area contributed by atoms with Crippen molar-refractivity contribution in [2.24, 2.45) is 0 Å². The first kappa shape index (κ1) is 12.3. The lowest BCUT2D eigenvalue weighted by atomic mass is 10.0. The van der Waals surface area contributed by atoms with Crippen LogP contribution in [0.1, 0.15) is 22.8 Å². The van der Waals surface area contributed by atoms with Crippen molar-refractivity contribution in [3.8, 4) is 5.75 Å². The van der Waals surface area contributed by atoms with Gasteiger partial charge in [-0.1, -0.05) is 42.5 Å². The molecule has 0 saturated carbocycles. The number of benzene rings is 2. The van der Waals surface area contributed by atoms with Crippen molar-refractivity contribution in [2.45, 2.75) is 6.92 Å². The number of carbonyl (C=O) groups is 1. The topological polar surface area (TPSA) is 35.5 Å². The molecule has 2 aromatic carbocycles. The van der Waals surface area contributed by atoms with E-state index in [9.17, 15) is 4.79 Å². The Balaban J connectivity index is 2.20. The van der Waals surface area contributed by atoms with E-state index in [-0.39, 0.29) is 5.78 Å². The van der Waals surface area contributed by atoms with Gasteiger partial charge in [0, 0.05) is 11.1 Å². The smallest absolute Gasteiger partial charge is 0.193 e. The maximum atomic E-state index is 12.2. The summed E-state index contributed by atoms with van der Waals surface area (Å²) in [6.07, 6.45) is 0. The standard InChI is InChI=1S/C15H14O3/c1-2-17-18-14-10-6-9-13(11-14)15(16)12-7-4-3-5-8-12/h3-11H,2H2,1H3. The van der Waals surface area contributed by atoms with Crippen LogP contribution < -0.4 is 4.89 Å². The van der Waals surface area contributed by atoms with Gasteiger partial charge < -0.3 is 4.89 Å². The molecule has 0 bridgehead atoms. The van der Waals surface area contributed by atoms with Crippen molar-refractivity contribution >= 4 is 5.78 Å². The fraction of sp³-hybridized carbons (Fsp3) is 0.133. The molecule has 0 aliphatic rings. The third kappa shape index (κ3) is 2.96. The molecule has 0 spiro atoms. The highest BCUT2D eigenvalue weighted by atomic mass is 17.2. The summed E-state index contributed by atoms with van der Waals surface area (Å²) in [6.45, 7) is 2.29. The fourth-order valence-corrected chi connectivity index (χ4v) is 1.57. The summed E-state index contributed by atoms with van der Waals surface area (Å²) >= 11 is 0. The Morgan fingerprint density at radius 1 is 1.00 bits per heavy atom. The monoisotopic (exact) mass is 242 g/mol. The minimum absolute atomic E-state index is 0.0300. The van der Waals surface area contributed by atoms with Gasteiger partial charge in [0.2, 0.25) is 0 Å². The molecule has 0 fully saturated rings. The van der Waals surface area contributed by atoms with Gasteiger partial charge in [-0.3, -0.25) is 4.79 Å². The molecule has 0 aliphatic heterocycles. The first-order valence-electron chi connectivity index (χ1n) is 5.80. The average molecular weight is 242 g/mol. The molecule has 3 heteroatoms. The van der Waals surface area contributed by atoms with E-state index in [0.29, 0.717) is 23.5 Å². The summed E-state index contributed by atoms with van der Waals surface area (Å²) in [5.41, 5.74) is 1.24. The molecular weight excluding hydrogens is 228 g/mol. The summed E-state index contributed by atoms with van der Waals surface area (Å²) < 4.78 is 0. The SMILES string of the molecule is CCOOc1cccc(C(=O)c2ccccc2)c1. The van der Waals surface area contributed by atoms with Crippen LogP contribution >= 0.6 is 0 Å². The van der Waals surface area contributed by atoms with Crippen LogP contribution in [0.3, 0.4) is 0 Å². The van der Waals surface area contributed by atoms with Crippen molar-refractivity contribution < 1.29 is 14.6 Å². The van der Waals surface area contributed by atoms with Gasteiger partial charge in [-0.15, -0.1) is 0 Å². The average Bonchev–Trinajstić information content (AvgIpc) is 2.45. The molecule has 92 valence electrons. The van der Waals surface area contributed by atoms with Crippen LogP contribution in [-0.2, 0) is 4.89 Å². The van der Waals surface area contributed by atoms with Crippen LogP contribution in [0, 0.1) is 0 Å². The predicted octanol–water partition coefficient (Wildman–Crippen LogP) is 3.25. The van der Waals surface area contributed by atoms with Gasteiger partial charge in [0.1, 0.15) is 0 Å². The van der Waals surface area contributed by atoms with E-state index in [1.807, 2.05) is 25.1 Å². The zero-order valence-corrected chi connectivity index (χ0v) is 10.1. The Morgan fingerprint density at radius 3 is 2.44 bits per heavy atom. The lowest BCUT2D eigenvalue weighted by molar-refractivity contribution is -0.202. The van der Waals surface area contributed by atoms with Crippen molar-refractivity contribution in [1.29, 1.82) is 0 Å². The van der Waals surface area contributed by atoms with Gasteiger partial charge >= 0.3 is 0 Å². The summed E-state index contributed by atoms with van der Waals surface area (Å²) in [5, 5.41) is 0. The summed E-state index contributed by atoms with van der Waals surface area (Å²) in [7, 11) is 0. The van der Waals surface area contributed by atoms with Crippen LogP contribution in [0.15, 0.2) is 54.6 Å². The van der Waals surface area contributed by atoms with Gasteiger partial charge in [0.05, 0.1) is 6.61 Å². The Morgan fingerprint density at radius 2 is 1.72 bits per heavy atom. The van der Waals surface area contributed by atoms with E-state index in [1.54, 1.807) is 36.4 Å². The molecule has 0 aliphatic carbocycles. The van der Waals surface area contributed by atoms with Crippen molar-refractivity contribution in [1.82, 2.24) is 0 Å². The highest BCUT2D eigenvalue weighted by Gasteiger charge is 2.09. The van der Waals surface area contributed by atoms with E-state index < -0.39 is 0 Å². The molecule has 0 unspecified atom stereocenters. The van der Waals surface area contributed by atoms with E-state index in [0.717, 1.165) is 0 Å². The number of hydrogen-bond donors (Lipinski definition) is 0. The molecule has 0 N–H and O–H groups in total. The van der Waals surface area contributed by atoms with E-state index in [2.05, 4.69) is 0 Å². The lowest BCUT2D eigenvalue weighted by Gasteiger charge is -2.05. The molecule has 0 radical (unpaired) electrons. The summed E-state index contributed by atoms with van der Waals surface area (Å²) in [5.74, 6) is 0.496. The second-order valence-electron chi connectivity index (χ2n) is 3.71. The number of carbonyl (C=O) groups excluding carboxylic acids is 1. The third-order valence-electron chi connectivity index (χ3n) is 2.41. The lowest BCUT2D eigenvalue weighted by Crippen LogP contribution is -2.02. The molecule has 18 heavy (non-hydrogen) atoms. The minimum Gasteiger partial charge on any atom is -0.338 e. The maximum absolute atomic E-state index is 12.2. The molecule has 0 saturated heterocycles. The molecule has 3 nitrogen and oxygen atoms in total. The van der Waals surface area contributed by atoms with Crippen molar-refractivity contribution in [3.63, 3.8) is 0 Å². The Bertz CT molecular complexity index is 520. The largest absolute Gasteiger partial charge is 0.338 e. The number of hydrogen-bond acceptors (Lipinski definition) is 3. The van der Waals surface area contributed by atoms with E-state index in [4.69, 9.17) is 9.78 Å². The van der Waals surface area contributed by atoms with Gasteiger partial charge in [-0.05, 0) is 19.1 Å². The zero-order chi connectivity index (χ0) is 12.8. The van der Waals surface area contributed by atoms with Crippen molar-refractivity contribution in [2.75, 3.05) is 6.61 Å². The maximum Gasteiger partial charge on any atom is 0.193 e. The van der Waals surface area contributed by atoms with Crippen LogP contribution in [0.4, 0.5) is 0 Å². The van der Waals surface area contributed by atoms with Crippen molar-refractivity contribution in [3.05, 3.63) is 65.7 Å². The van der Waals surface area contributed by atoms with E-state index in [1.165, 1.54) is 0 Å². The molecule has 2 aromatic rings. The molecule has 0 aromatic heterocycles. The van der Waals surface area contributed by atoms with Crippen LogP contribution in [0.25, 0.3) is 0 Å². The van der Waals surface area contributed by atoms with Gasteiger partial charge in [-0.25, -0.2) is 0 Å². The first-order valence-corrected chi connectivity index (χ1v) is 5.80. The second-order valence-corrected chi connectivity index (χ2v) is 3.71. The highest BCUT2D eigenvalue weighted by Crippen LogP contribution is 2.16. The predicted molar refractivity (Wildman–Crippen MR) is 68.6 cm³/mol. The Labute approximate surface area is 106 Å². The molecule has 0 heterocycles. The zero-order valence-electron chi connectivity index (χ0n) is 10.1. The number of rotatable bonds is 5. The second kappa shape index (κ2) is 5.98. The fourth-order valence-electron chi connectivity index (χ4n) is 1.57. The minimum atomic E-state index is -0.0300. The van der Waals surface area contributed by atoms with E-state index >= 15 is 0 Å². The summed E-state index contributed by atoms with van der Waals surface area (Å²) in [4.78, 5) is 22.1. The van der Waals surface area contributed by atoms with Gasteiger partial charge in [0.15, 0.2) is 11.5 Å². The van der Waals surface area contributed by atoms with Crippen LogP contribution in [0.2, 0.25) is 0 Å². The first-order chi connectivity index (χ1) is 8.81. The third-order valence-corrected chi connectivity index (χ3v) is 2.41. The Hall–Kier alpha value is -2.13. The van der Waals surface area contributed by atoms with Crippen LogP contribution in [-0.4, -0.2) is 12.4 Å². The van der Waals surface area contributed by atoms with Gasteiger partial charge in [0.25, 0.3) is 0 Å². The quantitative estimate of drug-likeness (QED) is 0.458. The molecule has 0 atom stereocenters. The molecule has 2 rings (SSSR count).